The van der Waals surface area contributed by atoms with E-state index in [2.05, 4.69) is 49.1 Å². The predicted molar refractivity (Wildman–Crippen MR) is 69.9 cm³/mol. The summed E-state index contributed by atoms with van der Waals surface area (Å²) < 4.78 is 0. The summed E-state index contributed by atoms with van der Waals surface area (Å²) in [6.45, 7) is 5.87. The Balaban J connectivity index is 2.12. The van der Waals surface area contributed by atoms with Crippen LogP contribution in [0.25, 0.3) is 0 Å². The number of rotatable bonds is 2. The summed E-state index contributed by atoms with van der Waals surface area (Å²) in [5.41, 5.74) is 7.80. The first-order valence-corrected chi connectivity index (χ1v) is 6.09. The van der Waals surface area contributed by atoms with Gasteiger partial charge < -0.3 is 10.6 Å². The lowest BCUT2D eigenvalue weighted by atomic mass is 10.0. The average Bonchev–Trinajstić information content (AvgIpc) is 2.73. The highest BCUT2D eigenvalue weighted by Gasteiger charge is 2.34. The Hall–Kier alpha value is -1.53. The van der Waals surface area contributed by atoms with Gasteiger partial charge >= 0.3 is 0 Å². The molecule has 2 N–H and O–H groups in total. The van der Waals surface area contributed by atoms with E-state index in [1.54, 1.807) is 0 Å². The highest BCUT2D eigenvalue weighted by Crippen LogP contribution is 2.26. The molecule has 3 nitrogen and oxygen atoms in total. The van der Waals surface area contributed by atoms with Crippen LogP contribution >= 0.6 is 0 Å². The number of hydrogen-bond acceptors (Lipinski definition) is 3. The van der Waals surface area contributed by atoms with Crippen LogP contribution in [0.3, 0.4) is 0 Å². The van der Waals surface area contributed by atoms with Gasteiger partial charge in [0, 0.05) is 18.8 Å². The van der Waals surface area contributed by atoms with Crippen LogP contribution < -0.4 is 10.6 Å². The van der Waals surface area contributed by atoms with Gasteiger partial charge in [0.05, 0.1) is 6.07 Å². The Morgan fingerprint density at radius 3 is 2.47 bits per heavy atom. The maximum absolute atomic E-state index is 9.01. The molecule has 90 valence electrons. The molecule has 1 aromatic rings. The topological polar surface area (TPSA) is 53.0 Å². The third kappa shape index (κ3) is 2.42. The third-order valence-corrected chi connectivity index (χ3v) is 3.45. The van der Waals surface area contributed by atoms with Gasteiger partial charge in [-0.2, -0.15) is 5.26 Å². The van der Waals surface area contributed by atoms with E-state index in [0.717, 1.165) is 18.7 Å². The van der Waals surface area contributed by atoms with Crippen LogP contribution in [0.4, 0.5) is 5.69 Å². The lowest BCUT2D eigenvalue weighted by Gasteiger charge is -2.20. The average molecular weight is 229 g/mol. The van der Waals surface area contributed by atoms with Crippen molar-refractivity contribution < 1.29 is 0 Å². The van der Waals surface area contributed by atoms with Crippen molar-refractivity contribution in [2.24, 2.45) is 5.73 Å². The highest BCUT2D eigenvalue weighted by molar-refractivity contribution is 5.50. The molecule has 0 amide bonds. The van der Waals surface area contributed by atoms with Gasteiger partial charge in [-0.15, -0.1) is 0 Å². The van der Waals surface area contributed by atoms with Crippen LogP contribution in [0.1, 0.15) is 31.7 Å². The Kier molecular flexibility index (Phi) is 3.08. The normalized spacial score (nSPS) is 24.1. The number of nitriles is 1. The third-order valence-electron chi connectivity index (χ3n) is 3.45. The second-order valence-electron chi connectivity index (χ2n) is 5.19. The van der Waals surface area contributed by atoms with E-state index in [1.807, 2.05) is 0 Å². The van der Waals surface area contributed by atoms with E-state index < -0.39 is 5.54 Å². The zero-order valence-electron chi connectivity index (χ0n) is 10.5. The first-order valence-electron chi connectivity index (χ1n) is 6.09. The van der Waals surface area contributed by atoms with Crippen molar-refractivity contribution in [3.63, 3.8) is 0 Å². The molecule has 1 fully saturated rings. The van der Waals surface area contributed by atoms with E-state index in [9.17, 15) is 0 Å². The van der Waals surface area contributed by atoms with Gasteiger partial charge in [0.25, 0.3) is 0 Å². The number of hydrogen-bond donors (Lipinski definition) is 1. The zero-order valence-corrected chi connectivity index (χ0v) is 10.5. The fourth-order valence-electron chi connectivity index (χ4n) is 2.21. The largest absolute Gasteiger partial charge is 0.368 e. The summed E-state index contributed by atoms with van der Waals surface area (Å²) in [4.78, 5) is 2.19. The molecule has 3 heteroatoms. The number of anilines is 1. The minimum Gasteiger partial charge on any atom is -0.368 e. The molecule has 1 aromatic carbocycles. The molecule has 1 unspecified atom stereocenters. The Bertz CT molecular complexity index is 430. The van der Waals surface area contributed by atoms with E-state index in [-0.39, 0.29) is 0 Å². The fraction of sp³-hybridized carbons (Fsp3) is 0.500. The first-order chi connectivity index (χ1) is 8.04. The molecular formula is C14H19N3. The van der Waals surface area contributed by atoms with Crippen molar-refractivity contribution in [3.8, 4) is 6.07 Å². The van der Waals surface area contributed by atoms with Crippen LogP contribution in [0.5, 0.6) is 0 Å². The van der Waals surface area contributed by atoms with Crippen molar-refractivity contribution in [2.45, 2.75) is 31.7 Å². The van der Waals surface area contributed by atoms with E-state index in [1.165, 1.54) is 5.56 Å². The van der Waals surface area contributed by atoms with Gasteiger partial charge in [-0.05, 0) is 30.0 Å². The molecule has 1 aliphatic heterocycles. The van der Waals surface area contributed by atoms with Gasteiger partial charge in [-0.1, -0.05) is 26.0 Å². The Morgan fingerprint density at radius 2 is 2.00 bits per heavy atom. The van der Waals surface area contributed by atoms with Crippen LogP contribution in [-0.2, 0) is 0 Å². The van der Waals surface area contributed by atoms with E-state index in [0.29, 0.717) is 12.5 Å². The van der Waals surface area contributed by atoms with Crippen LogP contribution in [0, 0.1) is 11.3 Å². The van der Waals surface area contributed by atoms with Crippen molar-refractivity contribution >= 4 is 5.69 Å². The summed E-state index contributed by atoms with van der Waals surface area (Å²) in [5.74, 6) is 0.551. The summed E-state index contributed by atoms with van der Waals surface area (Å²) in [6.07, 6.45) is 0.745. The SMILES string of the molecule is CC(C)c1ccc(N2CCC(N)(C#N)C2)cc1. The smallest absolute Gasteiger partial charge is 0.123 e. The summed E-state index contributed by atoms with van der Waals surface area (Å²) >= 11 is 0. The van der Waals surface area contributed by atoms with Crippen LogP contribution in [-0.4, -0.2) is 18.6 Å². The lowest BCUT2D eigenvalue weighted by Crippen LogP contribution is -2.41. The molecule has 0 bridgehead atoms. The number of nitrogens with two attached hydrogens (primary N) is 1. The van der Waals surface area contributed by atoms with Crippen molar-refractivity contribution in [1.82, 2.24) is 0 Å². The Morgan fingerprint density at radius 1 is 1.35 bits per heavy atom. The minimum absolute atomic E-state index is 0.551. The first kappa shape index (κ1) is 11.9. The van der Waals surface area contributed by atoms with Crippen molar-refractivity contribution in [2.75, 3.05) is 18.0 Å². The predicted octanol–water partition coefficient (Wildman–Crippen LogP) is 2.24. The zero-order chi connectivity index (χ0) is 12.5. The monoisotopic (exact) mass is 229 g/mol. The molecule has 0 saturated carbocycles. The fourth-order valence-corrected chi connectivity index (χ4v) is 2.21. The van der Waals surface area contributed by atoms with Gasteiger partial charge in [0.1, 0.15) is 5.54 Å². The summed E-state index contributed by atoms with van der Waals surface area (Å²) in [6, 6.07) is 10.8. The molecule has 0 spiro atoms. The second kappa shape index (κ2) is 4.38. The maximum Gasteiger partial charge on any atom is 0.123 e. The summed E-state index contributed by atoms with van der Waals surface area (Å²) in [7, 11) is 0. The van der Waals surface area contributed by atoms with Crippen LogP contribution in [0.15, 0.2) is 24.3 Å². The summed E-state index contributed by atoms with van der Waals surface area (Å²) in [5, 5.41) is 9.01. The molecule has 0 aliphatic carbocycles. The van der Waals surface area contributed by atoms with E-state index in [4.69, 9.17) is 11.0 Å². The number of benzene rings is 1. The van der Waals surface area contributed by atoms with Gasteiger partial charge in [-0.3, -0.25) is 0 Å². The molecule has 0 aromatic heterocycles. The molecule has 1 heterocycles. The van der Waals surface area contributed by atoms with Crippen molar-refractivity contribution in [1.29, 1.82) is 5.26 Å². The molecule has 17 heavy (non-hydrogen) atoms. The minimum atomic E-state index is -0.670. The highest BCUT2D eigenvalue weighted by atomic mass is 15.2. The van der Waals surface area contributed by atoms with Crippen molar-refractivity contribution in [3.05, 3.63) is 29.8 Å². The van der Waals surface area contributed by atoms with Gasteiger partial charge in [0.2, 0.25) is 0 Å². The number of nitrogens with zero attached hydrogens (tertiary/aromatic N) is 2. The molecular weight excluding hydrogens is 210 g/mol. The molecule has 1 saturated heterocycles. The molecule has 0 radical (unpaired) electrons. The second-order valence-corrected chi connectivity index (χ2v) is 5.19. The van der Waals surface area contributed by atoms with Crippen LogP contribution in [0.2, 0.25) is 0 Å². The lowest BCUT2D eigenvalue weighted by molar-refractivity contribution is 0.606. The Labute approximate surface area is 103 Å². The molecule has 2 rings (SSSR count). The standard InChI is InChI=1S/C14H19N3/c1-11(2)12-3-5-13(6-4-12)17-8-7-14(16,9-15)10-17/h3-6,11H,7-8,10,16H2,1-2H3. The molecule has 1 atom stereocenters. The quantitative estimate of drug-likeness (QED) is 0.846. The molecule has 1 aliphatic rings. The van der Waals surface area contributed by atoms with Gasteiger partial charge in [0.15, 0.2) is 0 Å². The van der Waals surface area contributed by atoms with Gasteiger partial charge in [-0.25, -0.2) is 0 Å². The van der Waals surface area contributed by atoms with E-state index >= 15 is 0 Å². The maximum atomic E-state index is 9.01.